The van der Waals surface area contributed by atoms with E-state index in [1.54, 1.807) is 0 Å². The molecule has 1 rings (SSSR count). The number of carbonyl (C=O) groups excluding carboxylic acids is 2. The molecule has 0 aromatic carbocycles. The monoisotopic (exact) mass is 142 g/mol. The highest BCUT2D eigenvalue weighted by Crippen LogP contribution is 1.96. The molecule has 0 aromatic rings. The van der Waals surface area contributed by atoms with E-state index in [1.807, 2.05) is 13.8 Å². The van der Waals surface area contributed by atoms with E-state index in [-0.39, 0.29) is 12.1 Å². The van der Waals surface area contributed by atoms with Crippen molar-refractivity contribution in [2.45, 2.75) is 25.9 Å². The molecular formula is C6H10N2O2. The molecule has 4 heteroatoms. The number of hydrogen-bond donors (Lipinski definition) is 2. The van der Waals surface area contributed by atoms with Crippen molar-refractivity contribution in [3.63, 3.8) is 0 Å². The Kier molecular flexibility index (Phi) is 1.61. The number of hydrogen-bond acceptors (Lipinski definition) is 2. The molecule has 0 spiro atoms. The third-order valence-corrected chi connectivity index (χ3v) is 1.67. The van der Waals surface area contributed by atoms with Crippen molar-refractivity contribution >= 4 is 11.8 Å². The highest BCUT2D eigenvalue weighted by Gasteiger charge is 2.27. The summed E-state index contributed by atoms with van der Waals surface area (Å²) in [6.07, 6.45) is 0. The summed E-state index contributed by atoms with van der Waals surface area (Å²) in [7, 11) is 0. The van der Waals surface area contributed by atoms with Crippen molar-refractivity contribution in [1.29, 1.82) is 0 Å². The van der Waals surface area contributed by atoms with Gasteiger partial charge in [-0.05, 0) is 13.8 Å². The Morgan fingerprint density at radius 1 is 1.00 bits per heavy atom. The van der Waals surface area contributed by atoms with Crippen LogP contribution in [0.2, 0.25) is 0 Å². The lowest BCUT2D eigenvalue weighted by Crippen LogP contribution is -2.59. The van der Waals surface area contributed by atoms with Crippen molar-refractivity contribution in [2.24, 2.45) is 0 Å². The van der Waals surface area contributed by atoms with E-state index >= 15 is 0 Å². The molecule has 2 atom stereocenters. The van der Waals surface area contributed by atoms with Crippen LogP contribution in [0.15, 0.2) is 0 Å². The molecule has 10 heavy (non-hydrogen) atoms. The Morgan fingerprint density at radius 3 is 1.60 bits per heavy atom. The molecule has 0 aromatic heterocycles. The van der Waals surface area contributed by atoms with Crippen LogP contribution in [0.5, 0.6) is 0 Å². The summed E-state index contributed by atoms with van der Waals surface area (Å²) in [4.78, 5) is 21.3. The van der Waals surface area contributed by atoms with E-state index in [0.717, 1.165) is 0 Å². The number of amides is 2. The summed E-state index contributed by atoms with van der Waals surface area (Å²) in [5.74, 6) is -1.07. The van der Waals surface area contributed by atoms with Crippen molar-refractivity contribution in [3.05, 3.63) is 0 Å². The van der Waals surface area contributed by atoms with Gasteiger partial charge < -0.3 is 10.6 Å². The minimum atomic E-state index is -0.536. The molecule has 1 aliphatic heterocycles. The van der Waals surface area contributed by atoms with E-state index in [1.165, 1.54) is 0 Å². The van der Waals surface area contributed by atoms with Crippen LogP contribution >= 0.6 is 0 Å². The molecule has 56 valence electrons. The van der Waals surface area contributed by atoms with Gasteiger partial charge in [-0.15, -0.1) is 0 Å². The Bertz CT molecular complexity index is 159. The average Bonchev–Trinajstić information content (AvgIpc) is 1.84. The molecule has 1 unspecified atom stereocenters. The van der Waals surface area contributed by atoms with Crippen LogP contribution in [-0.2, 0) is 9.59 Å². The topological polar surface area (TPSA) is 58.2 Å². The first-order chi connectivity index (χ1) is 4.61. The number of nitrogens with one attached hydrogen (secondary N) is 2. The lowest BCUT2D eigenvalue weighted by Gasteiger charge is -2.26. The molecule has 0 saturated carbocycles. The van der Waals surface area contributed by atoms with E-state index in [4.69, 9.17) is 0 Å². The second kappa shape index (κ2) is 2.28. The van der Waals surface area contributed by atoms with Crippen LogP contribution in [0.3, 0.4) is 0 Å². The van der Waals surface area contributed by atoms with Crippen molar-refractivity contribution < 1.29 is 9.59 Å². The minimum Gasteiger partial charge on any atom is -0.343 e. The van der Waals surface area contributed by atoms with Crippen LogP contribution < -0.4 is 10.6 Å². The third kappa shape index (κ3) is 1.10. The minimum absolute atomic E-state index is 0.0326. The van der Waals surface area contributed by atoms with Gasteiger partial charge in [-0.3, -0.25) is 9.59 Å². The Morgan fingerprint density at radius 2 is 1.30 bits per heavy atom. The van der Waals surface area contributed by atoms with Gasteiger partial charge in [0.2, 0.25) is 0 Å². The normalized spacial score (nSPS) is 33.0. The predicted molar refractivity (Wildman–Crippen MR) is 35.2 cm³/mol. The quantitative estimate of drug-likeness (QED) is 0.427. The zero-order chi connectivity index (χ0) is 7.72. The van der Waals surface area contributed by atoms with Crippen LogP contribution in [-0.4, -0.2) is 23.9 Å². The maximum Gasteiger partial charge on any atom is 0.309 e. The van der Waals surface area contributed by atoms with Gasteiger partial charge in [0.1, 0.15) is 0 Å². The maximum absolute atomic E-state index is 10.6. The first kappa shape index (κ1) is 7.05. The molecular weight excluding hydrogens is 132 g/mol. The largest absolute Gasteiger partial charge is 0.343 e. The predicted octanol–water partition coefficient (Wildman–Crippen LogP) is -0.991. The highest BCUT2D eigenvalue weighted by molar-refractivity contribution is 6.35. The van der Waals surface area contributed by atoms with E-state index in [9.17, 15) is 9.59 Å². The first-order valence-corrected chi connectivity index (χ1v) is 3.22. The summed E-state index contributed by atoms with van der Waals surface area (Å²) in [6.45, 7) is 3.70. The van der Waals surface area contributed by atoms with Crippen molar-refractivity contribution in [2.75, 3.05) is 0 Å². The van der Waals surface area contributed by atoms with Gasteiger partial charge in [-0.2, -0.15) is 0 Å². The number of rotatable bonds is 0. The highest BCUT2D eigenvalue weighted by atomic mass is 16.2. The maximum atomic E-state index is 10.6. The molecule has 0 radical (unpaired) electrons. The Hall–Kier alpha value is -1.06. The standard InChI is InChI=1S/C6H10N2O2/c1-3-4(2)8-6(10)5(9)7-3/h3-4H,1-2H3,(H,7,9)(H,8,10)/t3-,4?/m1/s1. The fraction of sp³-hybridized carbons (Fsp3) is 0.667. The summed E-state index contributed by atoms with van der Waals surface area (Å²) in [6, 6.07) is 0.0652. The zero-order valence-corrected chi connectivity index (χ0v) is 5.97. The molecule has 0 aliphatic carbocycles. The van der Waals surface area contributed by atoms with E-state index < -0.39 is 11.8 Å². The van der Waals surface area contributed by atoms with Gasteiger partial charge in [0.25, 0.3) is 0 Å². The molecule has 1 heterocycles. The lowest BCUT2D eigenvalue weighted by atomic mass is 10.1. The van der Waals surface area contributed by atoms with Crippen molar-refractivity contribution in [1.82, 2.24) is 10.6 Å². The summed E-state index contributed by atoms with van der Waals surface area (Å²) in [5.41, 5.74) is 0. The van der Waals surface area contributed by atoms with Gasteiger partial charge in [-0.25, -0.2) is 0 Å². The second-order valence-corrected chi connectivity index (χ2v) is 2.52. The third-order valence-electron chi connectivity index (χ3n) is 1.67. The Labute approximate surface area is 59.0 Å². The van der Waals surface area contributed by atoms with Gasteiger partial charge in [0, 0.05) is 12.1 Å². The van der Waals surface area contributed by atoms with Gasteiger partial charge in [0.15, 0.2) is 0 Å². The van der Waals surface area contributed by atoms with Crippen LogP contribution in [0.1, 0.15) is 13.8 Å². The van der Waals surface area contributed by atoms with E-state index in [0.29, 0.717) is 0 Å². The van der Waals surface area contributed by atoms with Crippen molar-refractivity contribution in [3.8, 4) is 0 Å². The molecule has 2 N–H and O–H groups in total. The summed E-state index contributed by atoms with van der Waals surface area (Å²) < 4.78 is 0. The molecule has 1 saturated heterocycles. The molecule has 1 aliphatic rings. The lowest BCUT2D eigenvalue weighted by molar-refractivity contribution is -0.142. The van der Waals surface area contributed by atoms with Crippen LogP contribution in [0.25, 0.3) is 0 Å². The summed E-state index contributed by atoms with van der Waals surface area (Å²) >= 11 is 0. The van der Waals surface area contributed by atoms with Crippen LogP contribution in [0.4, 0.5) is 0 Å². The van der Waals surface area contributed by atoms with Gasteiger partial charge >= 0.3 is 11.8 Å². The van der Waals surface area contributed by atoms with Gasteiger partial charge in [-0.1, -0.05) is 0 Å². The molecule has 0 bridgehead atoms. The number of carbonyl (C=O) groups is 2. The average molecular weight is 142 g/mol. The fourth-order valence-corrected chi connectivity index (χ4v) is 0.795. The smallest absolute Gasteiger partial charge is 0.309 e. The fourth-order valence-electron chi connectivity index (χ4n) is 0.795. The second-order valence-electron chi connectivity index (χ2n) is 2.52. The number of piperazine rings is 1. The molecule has 4 nitrogen and oxygen atoms in total. The van der Waals surface area contributed by atoms with E-state index in [2.05, 4.69) is 10.6 Å². The summed E-state index contributed by atoms with van der Waals surface area (Å²) in [5, 5.41) is 5.06. The zero-order valence-electron chi connectivity index (χ0n) is 5.97. The first-order valence-electron chi connectivity index (χ1n) is 3.22. The SMILES string of the molecule is CC1NC(=O)C(=O)N[C@@H]1C. The Balaban J connectivity index is 2.63. The van der Waals surface area contributed by atoms with Gasteiger partial charge in [0.05, 0.1) is 0 Å². The molecule has 2 amide bonds. The molecule has 1 fully saturated rings. The van der Waals surface area contributed by atoms with Crippen LogP contribution in [0, 0.1) is 0 Å².